The molecule has 158 valence electrons. The van der Waals surface area contributed by atoms with Crippen LogP contribution >= 0.6 is 0 Å². The highest BCUT2D eigenvalue weighted by Gasteiger charge is 2.29. The van der Waals surface area contributed by atoms with Gasteiger partial charge in [0.15, 0.2) is 0 Å². The number of benzene rings is 2. The van der Waals surface area contributed by atoms with Gasteiger partial charge in [0.05, 0.1) is 31.1 Å². The summed E-state index contributed by atoms with van der Waals surface area (Å²) in [6.45, 7) is 1.81. The monoisotopic (exact) mass is 428 g/mol. The zero-order valence-electron chi connectivity index (χ0n) is 17.0. The van der Waals surface area contributed by atoms with Crippen LogP contribution in [-0.2, 0) is 21.4 Å². The second-order valence-electron chi connectivity index (χ2n) is 6.75. The Morgan fingerprint density at radius 2 is 1.90 bits per heavy atom. The highest BCUT2D eigenvalue weighted by Crippen LogP contribution is 2.24. The number of hydrogen-bond acceptors (Lipinski definition) is 5. The minimum atomic E-state index is -3.69. The van der Waals surface area contributed by atoms with Crippen LogP contribution in [0.4, 0.5) is 5.69 Å². The van der Waals surface area contributed by atoms with Crippen LogP contribution in [0.15, 0.2) is 67.3 Å². The third-order valence-electron chi connectivity index (χ3n) is 4.64. The van der Waals surface area contributed by atoms with E-state index in [-0.39, 0.29) is 6.54 Å². The molecule has 0 spiro atoms. The molecule has 0 aliphatic heterocycles. The topological polar surface area (TPSA) is 93.5 Å². The maximum absolute atomic E-state index is 12.8. The lowest BCUT2D eigenvalue weighted by Gasteiger charge is -2.28. The van der Waals surface area contributed by atoms with E-state index < -0.39 is 22.0 Å². The molecular formula is C21H24N4O4S. The number of rotatable bonds is 8. The Labute approximate surface area is 176 Å². The van der Waals surface area contributed by atoms with Gasteiger partial charge in [-0.2, -0.15) is 0 Å². The normalized spacial score (nSPS) is 12.2. The molecule has 0 aliphatic carbocycles. The van der Waals surface area contributed by atoms with Crippen LogP contribution in [0.1, 0.15) is 12.5 Å². The fraction of sp³-hybridized carbons (Fsp3) is 0.238. The van der Waals surface area contributed by atoms with Gasteiger partial charge in [0.2, 0.25) is 15.9 Å². The van der Waals surface area contributed by atoms with E-state index in [1.165, 1.54) is 7.11 Å². The van der Waals surface area contributed by atoms with Gasteiger partial charge in [-0.1, -0.05) is 18.2 Å². The second kappa shape index (κ2) is 9.00. The van der Waals surface area contributed by atoms with E-state index in [1.807, 2.05) is 35.0 Å². The Morgan fingerprint density at radius 3 is 2.50 bits per heavy atom. The average molecular weight is 429 g/mol. The van der Waals surface area contributed by atoms with Crippen molar-refractivity contribution in [2.75, 3.05) is 17.7 Å². The molecule has 8 nitrogen and oxygen atoms in total. The summed E-state index contributed by atoms with van der Waals surface area (Å²) in [5, 5.41) is 2.84. The molecule has 9 heteroatoms. The van der Waals surface area contributed by atoms with E-state index in [2.05, 4.69) is 10.3 Å². The molecule has 1 N–H and O–H groups in total. The molecule has 3 rings (SSSR count). The smallest absolute Gasteiger partial charge is 0.243 e. The molecule has 1 atom stereocenters. The summed E-state index contributed by atoms with van der Waals surface area (Å²) >= 11 is 0. The van der Waals surface area contributed by atoms with Gasteiger partial charge in [0.1, 0.15) is 11.8 Å². The number of nitrogens with zero attached hydrogens (tertiary/aromatic N) is 3. The fourth-order valence-corrected chi connectivity index (χ4v) is 4.36. The lowest BCUT2D eigenvalue weighted by Crippen LogP contribution is -2.47. The van der Waals surface area contributed by atoms with Gasteiger partial charge in [0, 0.05) is 18.9 Å². The first kappa shape index (κ1) is 21.4. The van der Waals surface area contributed by atoms with Crippen LogP contribution in [-0.4, -0.2) is 43.3 Å². The van der Waals surface area contributed by atoms with Crippen molar-refractivity contribution in [3.63, 3.8) is 0 Å². The molecule has 1 amide bonds. The quantitative estimate of drug-likeness (QED) is 0.594. The number of amides is 1. The number of hydrogen-bond donors (Lipinski definition) is 1. The first-order valence-corrected chi connectivity index (χ1v) is 11.1. The number of methoxy groups -OCH3 is 1. The number of sulfonamides is 1. The molecule has 1 heterocycles. The number of aromatic nitrogens is 2. The highest BCUT2D eigenvalue weighted by atomic mass is 32.2. The van der Waals surface area contributed by atoms with Gasteiger partial charge in [-0.3, -0.25) is 9.10 Å². The van der Waals surface area contributed by atoms with Gasteiger partial charge < -0.3 is 14.6 Å². The van der Waals surface area contributed by atoms with Crippen LogP contribution < -0.4 is 14.4 Å². The summed E-state index contributed by atoms with van der Waals surface area (Å²) < 4.78 is 32.9. The SMILES string of the molecule is COc1ccc(N(C(C)C(=O)NCc2ccccc2-n2ccnc2)S(C)(=O)=O)cc1. The Kier molecular flexibility index (Phi) is 6.41. The van der Waals surface area contributed by atoms with Gasteiger partial charge in [0.25, 0.3) is 0 Å². The van der Waals surface area contributed by atoms with Crippen LogP contribution in [0.2, 0.25) is 0 Å². The lowest BCUT2D eigenvalue weighted by atomic mass is 10.1. The van der Waals surface area contributed by atoms with Crippen molar-refractivity contribution in [3.8, 4) is 11.4 Å². The molecule has 0 radical (unpaired) electrons. The van der Waals surface area contributed by atoms with E-state index in [0.29, 0.717) is 11.4 Å². The Bertz CT molecular complexity index is 1100. The molecule has 0 bridgehead atoms. The molecule has 0 fully saturated rings. The first-order chi connectivity index (χ1) is 14.3. The Balaban J connectivity index is 1.78. The minimum Gasteiger partial charge on any atom is -0.497 e. The van der Waals surface area contributed by atoms with Crippen LogP contribution in [0, 0.1) is 0 Å². The van der Waals surface area contributed by atoms with Gasteiger partial charge in [-0.25, -0.2) is 13.4 Å². The van der Waals surface area contributed by atoms with E-state index >= 15 is 0 Å². The molecule has 3 aromatic rings. The third kappa shape index (κ3) is 4.80. The van der Waals surface area contributed by atoms with Crippen LogP contribution in [0.5, 0.6) is 5.75 Å². The minimum absolute atomic E-state index is 0.248. The zero-order valence-corrected chi connectivity index (χ0v) is 17.8. The summed E-state index contributed by atoms with van der Waals surface area (Å²) in [6.07, 6.45) is 6.25. The maximum Gasteiger partial charge on any atom is 0.243 e. The predicted molar refractivity (Wildman–Crippen MR) is 115 cm³/mol. The standard InChI is InChI=1S/C21H24N4O4S/c1-16(25(30(3,27)28)18-8-10-19(29-2)11-9-18)21(26)23-14-17-6-4-5-7-20(17)24-13-12-22-15-24/h4-13,15-16H,14H2,1-3H3,(H,23,26). The Hall–Kier alpha value is -3.33. The van der Waals surface area contributed by atoms with Crippen LogP contribution in [0.3, 0.4) is 0 Å². The number of imidazole rings is 1. The molecule has 0 aliphatic rings. The number of anilines is 1. The molecular weight excluding hydrogens is 404 g/mol. The van der Waals surface area contributed by atoms with Crippen molar-refractivity contribution >= 4 is 21.6 Å². The summed E-state index contributed by atoms with van der Waals surface area (Å²) in [4.78, 5) is 16.9. The molecule has 1 unspecified atom stereocenters. The first-order valence-electron chi connectivity index (χ1n) is 9.28. The molecule has 30 heavy (non-hydrogen) atoms. The van der Waals surface area contributed by atoms with Crippen molar-refractivity contribution in [1.29, 1.82) is 0 Å². The molecule has 1 aromatic heterocycles. The summed E-state index contributed by atoms with van der Waals surface area (Å²) in [5.74, 6) is 0.192. The van der Waals surface area contributed by atoms with Crippen molar-refractivity contribution in [3.05, 3.63) is 72.8 Å². The number of para-hydroxylation sites is 1. The maximum atomic E-state index is 12.8. The second-order valence-corrected chi connectivity index (χ2v) is 8.61. The van der Waals surface area contributed by atoms with E-state index in [9.17, 15) is 13.2 Å². The average Bonchev–Trinajstić information content (AvgIpc) is 3.26. The number of ether oxygens (including phenoxy) is 1. The predicted octanol–water partition coefficient (Wildman–Crippen LogP) is 2.35. The Morgan fingerprint density at radius 1 is 1.20 bits per heavy atom. The third-order valence-corrected chi connectivity index (χ3v) is 5.88. The van der Waals surface area contributed by atoms with Crippen LogP contribution in [0.25, 0.3) is 5.69 Å². The largest absolute Gasteiger partial charge is 0.497 e. The summed E-state index contributed by atoms with van der Waals surface area (Å²) in [5.41, 5.74) is 2.16. The van der Waals surface area contributed by atoms with Crippen molar-refractivity contribution in [1.82, 2.24) is 14.9 Å². The van der Waals surface area contributed by atoms with Gasteiger partial charge >= 0.3 is 0 Å². The zero-order chi connectivity index (χ0) is 21.7. The van der Waals surface area contributed by atoms with E-state index in [1.54, 1.807) is 43.7 Å². The highest BCUT2D eigenvalue weighted by molar-refractivity contribution is 7.92. The van der Waals surface area contributed by atoms with Crippen molar-refractivity contribution in [2.24, 2.45) is 0 Å². The molecule has 0 saturated heterocycles. The van der Waals surface area contributed by atoms with Crippen molar-refractivity contribution in [2.45, 2.75) is 19.5 Å². The van der Waals surface area contributed by atoms with E-state index in [4.69, 9.17) is 4.74 Å². The lowest BCUT2D eigenvalue weighted by molar-refractivity contribution is -0.122. The molecule has 2 aromatic carbocycles. The molecule has 0 saturated carbocycles. The van der Waals surface area contributed by atoms with Gasteiger partial charge in [-0.15, -0.1) is 0 Å². The summed E-state index contributed by atoms with van der Waals surface area (Å²) in [6, 6.07) is 13.2. The van der Waals surface area contributed by atoms with Gasteiger partial charge in [-0.05, 0) is 42.8 Å². The summed E-state index contributed by atoms with van der Waals surface area (Å²) in [7, 11) is -2.16. The fourth-order valence-electron chi connectivity index (χ4n) is 3.18. The van der Waals surface area contributed by atoms with Crippen molar-refractivity contribution < 1.29 is 17.9 Å². The number of nitrogens with one attached hydrogen (secondary N) is 1. The number of carbonyl (C=O) groups excluding carboxylic acids is 1. The number of carbonyl (C=O) groups is 1. The van der Waals surface area contributed by atoms with E-state index in [0.717, 1.165) is 21.8 Å².